The van der Waals surface area contributed by atoms with Crippen molar-refractivity contribution in [3.05, 3.63) is 155 Å². The first-order valence-electron chi connectivity index (χ1n) is 16.0. The van der Waals surface area contributed by atoms with Gasteiger partial charge in [-0.3, -0.25) is 9.59 Å². The molecule has 0 aliphatic heterocycles. The fraction of sp³-hybridized carbons (Fsp3) is 0.231. The number of carbonyl (C=O) groups excluding carboxylic acids is 2. The quantitative estimate of drug-likeness (QED) is 0.132. The van der Waals surface area contributed by atoms with Gasteiger partial charge >= 0.3 is 0 Å². The summed E-state index contributed by atoms with van der Waals surface area (Å²) in [5, 5.41) is 17.0. The van der Waals surface area contributed by atoms with Gasteiger partial charge in [0.1, 0.15) is 5.82 Å². The van der Waals surface area contributed by atoms with Crippen molar-refractivity contribution in [1.82, 2.24) is 30.4 Å². The number of nitrogens with one attached hydrogen (secondary N) is 3. The molecule has 4 aromatic carbocycles. The maximum atomic E-state index is 13.6. The Balaban J connectivity index is 1.36. The number of hydrogen-bond acceptors (Lipinski definition) is 5. The van der Waals surface area contributed by atoms with Gasteiger partial charge in [-0.2, -0.15) is 0 Å². The van der Waals surface area contributed by atoms with Gasteiger partial charge in [-0.05, 0) is 50.1 Å². The number of hydrogen-bond donors (Lipinski definition) is 3. The molecule has 0 spiro atoms. The molecular weight excluding hydrogens is 584 g/mol. The highest BCUT2D eigenvalue weighted by atomic mass is 16.2. The Hall–Kier alpha value is -5.34. The van der Waals surface area contributed by atoms with Gasteiger partial charge in [-0.1, -0.05) is 103 Å². The lowest BCUT2D eigenvalue weighted by atomic mass is 10.0. The van der Waals surface area contributed by atoms with Crippen molar-refractivity contribution in [3.63, 3.8) is 0 Å². The molecule has 0 saturated heterocycles. The normalized spacial score (nSPS) is 12.2. The lowest BCUT2D eigenvalue weighted by Crippen LogP contribution is -2.52. The van der Waals surface area contributed by atoms with Crippen molar-refractivity contribution in [3.8, 4) is 0 Å². The molecule has 0 radical (unpaired) electrons. The molecule has 8 heteroatoms. The van der Waals surface area contributed by atoms with E-state index >= 15 is 0 Å². The van der Waals surface area contributed by atoms with E-state index in [1.165, 1.54) is 5.56 Å². The predicted molar refractivity (Wildman–Crippen MR) is 185 cm³/mol. The zero-order chi connectivity index (χ0) is 32.8. The van der Waals surface area contributed by atoms with Gasteiger partial charge in [0, 0.05) is 41.1 Å². The van der Waals surface area contributed by atoms with Crippen molar-refractivity contribution in [1.29, 1.82) is 0 Å². The summed E-state index contributed by atoms with van der Waals surface area (Å²) in [6, 6.07) is 35.1. The van der Waals surface area contributed by atoms with Crippen LogP contribution in [0.3, 0.4) is 0 Å². The van der Waals surface area contributed by atoms with Crippen LogP contribution < -0.4 is 10.6 Å². The van der Waals surface area contributed by atoms with Crippen molar-refractivity contribution in [2.45, 2.75) is 51.2 Å². The molecule has 1 atom stereocenters. The minimum Gasteiger partial charge on any atom is -0.361 e. The second-order valence-corrected chi connectivity index (χ2v) is 12.4. The third-order valence-electron chi connectivity index (χ3n) is 8.84. The molecule has 2 aromatic heterocycles. The largest absolute Gasteiger partial charge is 0.361 e. The minimum absolute atomic E-state index is 0.0145. The molecule has 238 valence electrons. The van der Waals surface area contributed by atoms with Gasteiger partial charge < -0.3 is 20.2 Å². The number of aromatic amines is 1. The van der Waals surface area contributed by atoms with Gasteiger partial charge in [-0.15, -0.1) is 10.2 Å². The summed E-state index contributed by atoms with van der Waals surface area (Å²) in [6.07, 6.45) is 4.01. The molecule has 0 aliphatic rings. The molecule has 6 aromatic rings. The van der Waals surface area contributed by atoms with E-state index in [1.54, 1.807) is 7.05 Å². The zero-order valence-electron chi connectivity index (χ0n) is 27.0. The average Bonchev–Trinajstić information content (AvgIpc) is 3.71. The summed E-state index contributed by atoms with van der Waals surface area (Å²) in [5.41, 5.74) is 4.84. The maximum absolute atomic E-state index is 13.6. The summed E-state index contributed by atoms with van der Waals surface area (Å²) in [7, 11) is 1.78. The van der Waals surface area contributed by atoms with Crippen LogP contribution in [-0.4, -0.2) is 44.0 Å². The van der Waals surface area contributed by atoms with Crippen LogP contribution in [0.2, 0.25) is 0 Å². The Morgan fingerprint density at radius 3 is 2.17 bits per heavy atom. The molecule has 0 fully saturated rings. The number of nitrogens with zero attached hydrogens (tertiary/aromatic N) is 3. The van der Waals surface area contributed by atoms with Gasteiger partial charge in [0.15, 0.2) is 11.6 Å². The van der Waals surface area contributed by atoms with Crippen LogP contribution in [0, 0.1) is 0 Å². The minimum atomic E-state index is -0.791. The lowest BCUT2D eigenvalue weighted by molar-refractivity contribution is -0.127. The fourth-order valence-electron chi connectivity index (χ4n) is 5.74. The molecule has 0 unspecified atom stereocenters. The molecule has 47 heavy (non-hydrogen) atoms. The summed E-state index contributed by atoms with van der Waals surface area (Å²) in [5.74, 6) is 1.37. The molecule has 0 bridgehead atoms. The maximum Gasteiger partial charge on any atom is 0.240 e. The molecule has 2 heterocycles. The first kappa shape index (κ1) is 31.6. The van der Waals surface area contributed by atoms with E-state index in [2.05, 4.69) is 38.4 Å². The number of likely N-dealkylation sites (N-methyl/N-ethyl adjacent to an activating group) is 1. The molecule has 6 rings (SSSR count). The number of rotatable bonds is 13. The topological polar surface area (TPSA) is 105 Å². The van der Waals surface area contributed by atoms with Gasteiger partial charge in [0.05, 0.1) is 18.1 Å². The standard InChI is InChI=1S/C39H40N6O2/c1-39(2,40-3)38(47)42-34(24-31-25-41-33-17-11-10-16-32(31)33)37-44-43-35(23-20-27-12-6-4-7-13-27)45(37)26-28-18-21-30(22-19-28)36(46)29-14-8-5-9-15-29/h4-19,21-22,25,34,40-41H,20,23-24,26H2,1-3H3,(H,42,47)/t34-/m1/s1. The molecule has 8 nitrogen and oxygen atoms in total. The summed E-state index contributed by atoms with van der Waals surface area (Å²) >= 11 is 0. The number of ketones is 1. The zero-order valence-corrected chi connectivity index (χ0v) is 27.0. The van der Waals surface area contributed by atoms with Gasteiger partial charge in [-0.25, -0.2) is 0 Å². The number of para-hydroxylation sites is 1. The van der Waals surface area contributed by atoms with Gasteiger partial charge in [0.2, 0.25) is 5.91 Å². The Morgan fingerprint density at radius 2 is 1.45 bits per heavy atom. The first-order valence-corrected chi connectivity index (χ1v) is 16.0. The number of aryl methyl sites for hydroxylation is 2. The van der Waals surface area contributed by atoms with E-state index in [-0.39, 0.29) is 11.7 Å². The molecule has 1 amide bonds. The average molecular weight is 625 g/mol. The highest BCUT2D eigenvalue weighted by molar-refractivity contribution is 6.08. The highest BCUT2D eigenvalue weighted by Gasteiger charge is 2.31. The van der Waals surface area contributed by atoms with Crippen molar-refractivity contribution < 1.29 is 9.59 Å². The van der Waals surface area contributed by atoms with Gasteiger partial charge in [0.25, 0.3) is 0 Å². The summed E-state index contributed by atoms with van der Waals surface area (Å²) < 4.78 is 2.13. The fourth-order valence-corrected chi connectivity index (χ4v) is 5.74. The second-order valence-electron chi connectivity index (χ2n) is 12.4. The monoisotopic (exact) mass is 624 g/mol. The Morgan fingerprint density at radius 1 is 0.787 bits per heavy atom. The number of aromatic nitrogens is 4. The van der Waals surface area contributed by atoms with Crippen LogP contribution in [0.4, 0.5) is 0 Å². The van der Waals surface area contributed by atoms with Crippen LogP contribution >= 0.6 is 0 Å². The third-order valence-corrected chi connectivity index (χ3v) is 8.84. The Labute approximate surface area is 275 Å². The number of amides is 1. The Bertz CT molecular complexity index is 1960. The summed E-state index contributed by atoms with van der Waals surface area (Å²) in [4.78, 5) is 30.0. The van der Waals surface area contributed by atoms with E-state index in [0.29, 0.717) is 36.3 Å². The third kappa shape index (κ3) is 7.23. The van der Waals surface area contributed by atoms with E-state index in [4.69, 9.17) is 10.2 Å². The predicted octanol–water partition coefficient (Wildman–Crippen LogP) is 6.22. The molecule has 3 N–H and O–H groups in total. The van der Waals surface area contributed by atoms with Crippen molar-refractivity contribution in [2.24, 2.45) is 0 Å². The molecule has 0 aliphatic carbocycles. The number of benzene rings is 4. The highest BCUT2D eigenvalue weighted by Crippen LogP contribution is 2.26. The van der Waals surface area contributed by atoms with Crippen molar-refractivity contribution in [2.75, 3.05) is 7.05 Å². The van der Waals surface area contributed by atoms with Crippen molar-refractivity contribution >= 4 is 22.6 Å². The van der Waals surface area contributed by atoms with Crippen LogP contribution in [0.25, 0.3) is 10.9 Å². The second kappa shape index (κ2) is 14.0. The van der Waals surface area contributed by atoms with Crippen LogP contribution in [0.5, 0.6) is 0 Å². The van der Waals surface area contributed by atoms with Crippen LogP contribution in [0.1, 0.15) is 64.1 Å². The first-order chi connectivity index (χ1) is 22.8. The van der Waals surface area contributed by atoms with E-state index in [0.717, 1.165) is 34.3 Å². The SMILES string of the molecule is CNC(C)(C)C(=O)N[C@H](Cc1c[nH]c2ccccc12)c1nnc(CCc2ccccc2)n1Cc1ccc(C(=O)c2ccccc2)cc1. The molecule has 0 saturated carbocycles. The smallest absolute Gasteiger partial charge is 0.240 e. The van der Waals surface area contributed by atoms with E-state index in [9.17, 15) is 9.59 Å². The van der Waals surface area contributed by atoms with Crippen LogP contribution in [0.15, 0.2) is 115 Å². The summed E-state index contributed by atoms with van der Waals surface area (Å²) in [6.45, 7) is 4.21. The Kier molecular flexibility index (Phi) is 9.40. The van der Waals surface area contributed by atoms with E-state index < -0.39 is 11.6 Å². The number of H-pyrrole nitrogens is 1. The molecular formula is C39H40N6O2. The van der Waals surface area contributed by atoms with E-state index in [1.807, 2.05) is 111 Å². The van der Waals surface area contributed by atoms with Crippen LogP contribution in [-0.2, 0) is 30.6 Å². The number of fused-ring (bicyclic) bond motifs is 1. The lowest BCUT2D eigenvalue weighted by Gasteiger charge is -2.27. The number of carbonyl (C=O) groups is 2.